The van der Waals surface area contributed by atoms with Crippen molar-refractivity contribution in [2.75, 3.05) is 6.61 Å². The maximum Gasteiger partial charge on any atom is 0.197 e. The molecule has 5 rings (SSSR count). The van der Waals surface area contributed by atoms with Crippen LogP contribution < -0.4 is 4.74 Å². The molecule has 0 radical (unpaired) electrons. The van der Waals surface area contributed by atoms with E-state index in [0.717, 1.165) is 31.6 Å². The van der Waals surface area contributed by atoms with Gasteiger partial charge in [-0.1, -0.05) is 42.5 Å². The van der Waals surface area contributed by atoms with Crippen LogP contribution in [0.5, 0.6) is 5.75 Å². The first-order chi connectivity index (χ1) is 12.8. The summed E-state index contributed by atoms with van der Waals surface area (Å²) in [5.74, 6) is 0.948. The molecule has 0 bridgehead atoms. The molecule has 2 aromatic rings. The monoisotopic (exact) mass is 347 g/mol. The highest BCUT2D eigenvalue weighted by molar-refractivity contribution is 6.12. The summed E-state index contributed by atoms with van der Waals surface area (Å²) in [6, 6.07) is 17.9. The second kappa shape index (κ2) is 6.29. The highest BCUT2D eigenvalue weighted by Crippen LogP contribution is 2.42. The molecule has 3 aliphatic heterocycles. The van der Waals surface area contributed by atoms with Crippen molar-refractivity contribution >= 4 is 5.78 Å². The first kappa shape index (κ1) is 15.6. The predicted octanol–water partition coefficient (Wildman–Crippen LogP) is 3.78. The van der Waals surface area contributed by atoms with Crippen molar-refractivity contribution in [1.82, 2.24) is 4.90 Å². The number of rotatable bonds is 2. The molecule has 4 nitrogen and oxygen atoms in total. The van der Waals surface area contributed by atoms with Crippen LogP contribution in [0.2, 0.25) is 0 Å². The van der Waals surface area contributed by atoms with Crippen molar-refractivity contribution in [3.05, 3.63) is 77.5 Å². The summed E-state index contributed by atoms with van der Waals surface area (Å²) in [6.45, 7) is 1.49. The molecule has 4 heteroatoms. The van der Waals surface area contributed by atoms with Crippen LogP contribution in [-0.2, 0) is 11.3 Å². The fourth-order valence-electron chi connectivity index (χ4n) is 4.31. The van der Waals surface area contributed by atoms with Crippen molar-refractivity contribution in [1.29, 1.82) is 0 Å². The first-order valence-corrected chi connectivity index (χ1v) is 9.24. The summed E-state index contributed by atoms with van der Waals surface area (Å²) in [4.78, 5) is 15.3. The minimum atomic E-state index is -0.213. The molecule has 3 aliphatic rings. The Balaban J connectivity index is 1.55. The van der Waals surface area contributed by atoms with Crippen LogP contribution in [0.3, 0.4) is 0 Å². The van der Waals surface area contributed by atoms with E-state index in [2.05, 4.69) is 17.0 Å². The molecule has 2 aromatic carbocycles. The minimum Gasteiger partial charge on any atom is -0.484 e. The molecule has 1 fully saturated rings. The van der Waals surface area contributed by atoms with Crippen molar-refractivity contribution < 1.29 is 14.3 Å². The van der Waals surface area contributed by atoms with E-state index in [9.17, 15) is 4.79 Å². The fraction of sp³-hybridized carbons (Fsp3) is 0.318. The normalized spacial score (nSPS) is 26.9. The SMILES string of the molecule is O=C1C2=CN(Cc3ccccc3)[C@H]3OCCC[C@H]3[C@H]2Oc2ccccc21. The van der Waals surface area contributed by atoms with E-state index in [1.165, 1.54) is 5.56 Å². The number of para-hydroxylation sites is 1. The molecule has 0 aliphatic carbocycles. The maximum atomic E-state index is 13.1. The molecule has 0 amide bonds. The largest absolute Gasteiger partial charge is 0.484 e. The van der Waals surface area contributed by atoms with Gasteiger partial charge in [0.05, 0.1) is 11.1 Å². The smallest absolute Gasteiger partial charge is 0.197 e. The average molecular weight is 347 g/mol. The summed E-state index contributed by atoms with van der Waals surface area (Å²) in [5.41, 5.74) is 2.62. The lowest BCUT2D eigenvalue weighted by atomic mass is 9.81. The van der Waals surface area contributed by atoms with Crippen LogP contribution >= 0.6 is 0 Å². The third-order valence-electron chi connectivity index (χ3n) is 5.52. The Morgan fingerprint density at radius 1 is 1.04 bits per heavy atom. The first-order valence-electron chi connectivity index (χ1n) is 9.24. The van der Waals surface area contributed by atoms with Gasteiger partial charge < -0.3 is 14.4 Å². The highest BCUT2D eigenvalue weighted by Gasteiger charge is 2.47. The Bertz CT molecular complexity index is 861. The summed E-state index contributed by atoms with van der Waals surface area (Å²) >= 11 is 0. The molecule has 132 valence electrons. The second-order valence-electron chi connectivity index (χ2n) is 7.17. The number of benzene rings is 2. The number of ketones is 1. The van der Waals surface area contributed by atoms with Crippen LogP contribution in [0.4, 0.5) is 0 Å². The van der Waals surface area contributed by atoms with Crippen LogP contribution in [0.25, 0.3) is 0 Å². The van der Waals surface area contributed by atoms with Crippen molar-refractivity contribution in [3.8, 4) is 5.75 Å². The van der Waals surface area contributed by atoms with E-state index in [1.807, 2.05) is 48.7 Å². The third-order valence-corrected chi connectivity index (χ3v) is 5.52. The molecule has 0 unspecified atom stereocenters. The van der Waals surface area contributed by atoms with Crippen LogP contribution in [0.1, 0.15) is 28.8 Å². The lowest BCUT2D eigenvalue weighted by Crippen LogP contribution is -2.54. The average Bonchev–Trinajstić information content (AvgIpc) is 2.70. The summed E-state index contributed by atoms with van der Waals surface area (Å²) < 4.78 is 12.4. The second-order valence-corrected chi connectivity index (χ2v) is 7.17. The Morgan fingerprint density at radius 3 is 2.73 bits per heavy atom. The lowest BCUT2D eigenvalue weighted by Gasteiger charge is -2.47. The molecule has 0 saturated carbocycles. The van der Waals surface area contributed by atoms with Gasteiger partial charge in [0.25, 0.3) is 0 Å². The molecule has 3 heterocycles. The van der Waals surface area contributed by atoms with E-state index in [4.69, 9.17) is 9.47 Å². The zero-order valence-corrected chi connectivity index (χ0v) is 14.5. The number of ether oxygens (including phenoxy) is 2. The summed E-state index contributed by atoms with van der Waals surface area (Å²) in [7, 11) is 0. The van der Waals surface area contributed by atoms with Gasteiger partial charge >= 0.3 is 0 Å². The van der Waals surface area contributed by atoms with E-state index in [-0.39, 0.29) is 24.0 Å². The fourth-order valence-corrected chi connectivity index (χ4v) is 4.31. The van der Waals surface area contributed by atoms with Gasteiger partial charge in [0, 0.05) is 25.3 Å². The van der Waals surface area contributed by atoms with E-state index in [1.54, 1.807) is 0 Å². The topological polar surface area (TPSA) is 38.8 Å². The number of carbonyl (C=O) groups excluding carboxylic acids is 1. The molecular weight excluding hydrogens is 326 g/mol. The highest BCUT2D eigenvalue weighted by atomic mass is 16.5. The molecule has 0 aromatic heterocycles. The van der Waals surface area contributed by atoms with Gasteiger partial charge in [-0.3, -0.25) is 4.79 Å². The van der Waals surface area contributed by atoms with Gasteiger partial charge in [0.2, 0.25) is 0 Å². The number of carbonyl (C=O) groups is 1. The zero-order valence-electron chi connectivity index (χ0n) is 14.5. The molecule has 26 heavy (non-hydrogen) atoms. The number of nitrogens with zero attached hydrogens (tertiary/aromatic N) is 1. The van der Waals surface area contributed by atoms with Gasteiger partial charge in [-0.2, -0.15) is 0 Å². The van der Waals surface area contributed by atoms with Gasteiger partial charge in [-0.05, 0) is 30.5 Å². The number of fused-ring (bicyclic) bond motifs is 4. The Morgan fingerprint density at radius 2 is 1.85 bits per heavy atom. The molecular formula is C22H21NO3. The van der Waals surface area contributed by atoms with Gasteiger partial charge in [0.1, 0.15) is 18.1 Å². The number of hydrogen-bond donors (Lipinski definition) is 0. The van der Waals surface area contributed by atoms with Crippen molar-refractivity contribution in [2.45, 2.75) is 31.7 Å². The van der Waals surface area contributed by atoms with Crippen LogP contribution in [-0.4, -0.2) is 29.6 Å². The standard InChI is InChI=1S/C22H21NO3/c24-20-16-9-4-5-11-19(16)26-21-17-10-6-12-25-22(17)23(14-18(20)21)13-15-7-2-1-3-8-15/h1-5,7-9,11,14,17,21-22H,6,10,12-13H2/t17-,21+,22-/m0/s1. The van der Waals surface area contributed by atoms with Crippen LogP contribution in [0.15, 0.2) is 66.4 Å². The third kappa shape index (κ3) is 2.53. The molecule has 3 atom stereocenters. The quantitative estimate of drug-likeness (QED) is 0.829. The molecule has 1 saturated heterocycles. The zero-order chi connectivity index (χ0) is 17.5. The molecule has 0 spiro atoms. The number of hydrogen-bond acceptors (Lipinski definition) is 4. The van der Waals surface area contributed by atoms with E-state index < -0.39 is 0 Å². The maximum absolute atomic E-state index is 13.1. The van der Waals surface area contributed by atoms with Gasteiger partial charge in [-0.15, -0.1) is 0 Å². The minimum absolute atomic E-state index is 0.0456. The van der Waals surface area contributed by atoms with Crippen molar-refractivity contribution in [3.63, 3.8) is 0 Å². The van der Waals surface area contributed by atoms with E-state index >= 15 is 0 Å². The summed E-state index contributed by atoms with van der Waals surface area (Å²) in [6.07, 6.45) is 3.73. The Hall–Kier alpha value is -2.59. The van der Waals surface area contributed by atoms with Crippen LogP contribution in [0, 0.1) is 5.92 Å². The number of Topliss-reactive ketones (excluding diaryl/α,β-unsaturated/α-hetero) is 1. The molecule has 0 N–H and O–H groups in total. The Kier molecular flexibility index (Phi) is 3.79. The van der Waals surface area contributed by atoms with Gasteiger partial charge in [0.15, 0.2) is 5.78 Å². The summed E-state index contributed by atoms with van der Waals surface area (Å²) in [5, 5.41) is 0. The van der Waals surface area contributed by atoms with E-state index in [0.29, 0.717) is 11.3 Å². The lowest BCUT2D eigenvalue weighted by molar-refractivity contribution is -0.135. The van der Waals surface area contributed by atoms with Crippen molar-refractivity contribution in [2.24, 2.45) is 5.92 Å². The Labute approximate surface area is 153 Å². The predicted molar refractivity (Wildman–Crippen MR) is 97.7 cm³/mol. The van der Waals surface area contributed by atoms with Gasteiger partial charge in [-0.25, -0.2) is 0 Å².